The summed E-state index contributed by atoms with van der Waals surface area (Å²) >= 11 is 0. The van der Waals surface area contributed by atoms with Crippen LogP contribution < -0.4 is 21.3 Å². The minimum absolute atomic E-state index is 0.0219. The predicted molar refractivity (Wildman–Crippen MR) is 212 cm³/mol. The summed E-state index contributed by atoms with van der Waals surface area (Å²) in [5.41, 5.74) is 0.931. The highest BCUT2D eigenvalue weighted by Crippen LogP contribution is 2.29. The van der Waals surface area contributed by atoms with E-state index in [2.05, 4.69) is 26.2 Å². The predicted octanol–water partition coefficient (Wildman–Crippen LogP) is 3.75. The van der Waals surface area contributed by atoms with Crippen molar-refractivity contribution in [1.29, 1.82) is 0 Å². The van der Waals surface area contributed by atoms with Crippen molar-refractivity contribution in [3.63, 3.8) is 0 Å². The van der Waals surface area contributed by atoms with Gasteiger partial charge in [-0.05, 0) is 75.0 Å². The average Bonchev–Trinajstić information content (AvgIpc) is 3.92. The molecule has 4 N–H and O–H groups in total. The van der Waals surface area contributed by atoms with Gasteiger partial charge in [-0.2, -0.15) is 0 Å². The van der Waals surface area contributed by atoms with Gasteiger partial charge in [0.1, 0.15) is 23.7 Å². The number of morpholine rings is 1. The topological polar surface area (TPSA) is 158 Å². The minimum Gasteiger partial charge on any atom is -0.379 e. The monoisotopic (exact) mass is 761 g/mol. The van der Waals surface area contributed by atoms with E-state index < -0.39 is 47.5 Å². The summed E-state index contributed by atoms with van der Waals surface area (Å²) in [6, 6.07) is 15.4. The molecule has 4 rings (SSSR count). The summed E-state index contributed by atoms with van der Waals surface area (Å²) in [6.45, 7) is 14.0. The number of epoxide rings is 1. The van der Waals surface area contributed by atoms with Crippen LogP contribution in [0.15, 0.2) is 60.7 Å². The molecule has 55 heavy (non-hydrogen) atoms. The van der Waals surface area contributed by atoms with Gasteiger partial charge in [0.05, 0.1) is 25.9 Å². The Morgan fingerprint density at radius 2 is 1.22 bits per heavy atom. The first kappa shape index (κ1) is 43.6. The quantitative estimate of drug-likeness (QED) is 0.0986. The van der Waals surface area contributed by atoms with Crippen molar-refractivity contribution >= 4 is 29.4 Å². The maximum absolute atomic E-state index is 14.1. The molecular weight excluding hydrogens is 699 g/mol. The maximum atomic E-state index is 14.1. The Hall–Kier alpha value is -4.13. The Labute approximate surface area is 327 Å². The number of unbranched alkanes of at least 4 members (excludes halogenated alkanes) is 1. The summed E-state index contributed by atoms with van der Waals surface area (Å²) in [7, 11) is 0. The molecule has 0 radical (unpaired) electrons. The molecule has 2 heterocycles. The number of rotatable bonds is 23. The van der Waals surface area contributed by atoms with Gasteiger partial charge < -0.3 is 30.7 Å². The molecule has 2 fully saturated rings. The molecule has 5 atom stereocenters. The van der Waals surface area contributed by atoms with Crippen molar-refractivity contribution < 1.29 is 33.4 Å². The largest absolute Gasteiger partial charge is 0.379 e. The van der Waals surface area contributed by atoms with E-state index in [1.54, 1.807) is 6.92 Å². The number of ketones is 1. The fourth-order valence-electron chi connectivity index (χ4n) is 6.84. The van der Waals surface area contributed by atoms with E-state index in [0.717, 1.165) is 50.4 Å². The number of hydrogen-bond acceptors (Lipinski definition) is 8. The van der Waals surface area contributed by atoms with Gasteiger partial charge in [-0.25, -0.2) is 0 Å². The second kappa shape index (κ2) is 21.8. The lowest BCUT2D eigenvalue weighted by Gasteiger charge is -2.28. The Bertz CT molecular complexity index is 1530. The number of aryl methyl sites for hydroxylation is 1. The van der Waals surface area contributed by atoms with Crippen molar-refractivity contribution in [3.05, 3.63) is 71.8 Å². The van der Waals surface area contributed by atoms with Crippen LogP contribution in [0.3, 0.4) is 0 Å². The summed E-state index contributed by atoms with van der Waals surface area (Å²) in [5.74, 6) is -1.72. The molecule has 0 aliphatic carbocycles. The Morgan fingerprint density at radius 3 is 1.82 bits per heavy atom. The number of hydrogen-bond donors (Lipinski definition) is 4. The fourth-order valence-corrected chi connectivity index (χ4v) is 6.84. The van der Waals surface area contributed by atoms with E-state index in [4.69, 9.17) is 9.47 Å². The molecule has 12 heteroatoms. The molecular formula is C43H63N5O7. The lowest BCUT2D eigenvalue weighted by Crippen LogP contribution is -2.59. The normalized spacial score (nSPS) is 19.2. The lowest BCUT2D eigenvalue weighted by atomic mass is 9.93. The molecule has 2 saturated heterocycles. The zero-order chi connectivity index (χ0) is 39.8. The van der Waals surface area contributed by atoms with Crippen LogP contribution >= 0.6 is 0 Å². The Kier molecular flexibility index (Phi) is 17.3. The fraction of sp³-hybridized carbons (Fsp3) is 0.605. The maximum Gasteiger partial charge on any atom is 0.243 e. The summed E-state index contributed by atoms with van der Waals surface area (Å²) in [5, 5.41) is 11.7. The highest BCUT2D eigenvalue weighted by atomic mass is 16.6. The number of ether oxygens (including phenoxy) is 2. The van der Waals surface area contributed by atoms with Crippen molar-refractivity contribution in [2.24, 2.45) is 11.8 Å². The Morgan fingerprint density at radius 1 is 0.691 bits per heavy atom. The smallest absolute Gasteiger partial charge is 0.243 e. The molecule has 2 aliphatic rings. The molecule has 0 bridgehead atoms. The molecule has 0 unspecified atom stereocenters. The number of carbonyl (C=O) groups excluding carboxylic acids is 5. The van der Waals surface area contributed by atoms with Gasteiger partial charge >= 0.3 is 0 Å². The van der Waals surface area contributed by atoms with E-state index in [1.807, 2.05) is 88.4 Å². The Balaban J connectivity index is 1.46. The second-order valence-corrected chi connectivity index (χ2v) is 16.1. The van der Waals surface area contributed by atoms with Gasteiger partial charge in [0.25, 0.3) is 0 Å². The molecule has 2 aliphatic heterocycles. The number of amides is 4. The highest BCUT2D eigenvalue weighted by Gasteiger charge is 2.50. The van der Waals surface area contributed by atoms with Crippen molar-refractivity contribution in [2.45, 2.75) is 116 Å². The molecule has 0 spiro atoms. The molecule has 0 saturated carbocycles. The van der Waals surface area contributed by atoms with Crippen LogP contribution in [0.4, 0.5) is 0 Å². The van der Waals surface area contributed by atoms with Crippen molar-refractivity contribution in [3.8, 4) is 0 Å². The minimum atomic E-state index is -1.03. The van der Waals surface area contributed by atoms with Crippen molar-refractivity contribution in [2.75, 3.05) is 39.5 Å². The summed E-state index contributed by atoms with van der Waals surface area (Å²) < 4.78 is 10.8. The third-order valence-electron chi connectivity index (χ3n) is 10.1. The van der Waals surface area contributed by atoms with Crippen LogP contribution in [-0.4, -0.2) is 104 Å². The molecule has 2 aromatic rings. The first-order valence-corrected chi connectivity index (χ1v) is 20.1. The van der Waals surface area contributed by atoms with Crippen LogP contribution in [0.25, 0.3) is 0 Å². The second-order valence-electron chi connectivity index (χ2n) is 16.1. The van der Waals surface area contributed by atoms with E-state index in [0.29, 0.717) is 38.7 Å². The molecule has 4 amide bonds. The number of nitrogens with zero attached hydrogens (tertiary/aromatic N) is 1. The number of nitrogens with one attached hydrogen (secondary N) is 4. The van der Waals surface area contributed by atoms with Gasteiger partial charge in [-0.15, -0.1) is 0 Å². The van der Waals surface area contributed by atoms with E-state index in [-0.39, 0.29) is 36.4 Å². The van der Waals surface area contributed by atoms with E-state index in [1.165, 1.54) is 0 Å². The van der Waals surface area contributed by atoms with E-state index in [9.17, 15) is 24.0 Å². The van der Waals surface area contributed by atoms with Gasteiger partial charge in [0.15, 0.2) is 5.78 Å². The van der Waals surface area contributed by atoms with Crippen LogP contribution in [0.2, 0.25) is 0 Å². The van der Waals surface area contributed by atoms with Crippen LogP contribution in [0, 0.1) is 11.8 Å². The third kappa shape index (κ3) is 15.1. The lowest BCUT2D eigenvalue weighted by molar-refractivity contribution is -0.135. The van der Waals surface area contributed by atoms with Gasteiger partial charge in [-0.3, -0.25) is 28.9 Å². The zero-order valence-corrected chi connectivity index (χ0v) is 33.4. The molecule has 0 aromatic heterocycles. The first-order valence-electron chi connectivity index (χ1n) is 20.1. The van der Waals surface area contributed by atoms with Crippen LogP contribution in [0.5, 0.6) is 0 Å². The van der Waals surface area contributed by atoms with Gasteiger partial charge in [-0.1, -0.05) is 88.4 Å². The highest BCUT2D eigenvalue weighted by molar-refractivity contribution is 5.98. The van der Waals surface area contributed by atoms with Crippen LogP contribution in [0.1, 0.15) is 84.3 Å². The van der Waals surface area contributed by atoms with Crippen molar-refractivity contribution in [1.82, 2.24) is 26.2 Å². The average molecular weight is 762 g/mol. The molecule has 2 aromatic carbocycles. The van der Waals surface area contributed by atoms with Gasteiger partial charge in [0.2, 0.25) is 23.6 Å². The number of carbonyl (C=O) groups is 5. The third-order valence-corrected chi connectivity index (χ3v) is 10.1. The first-order chi connectivity index (χ1) is 26.3. The standard InChI is InChI=1S/C43H63N5O7/c1-30(2)26-35(39(50)43(5)29-55-43)45-42(53)37(28-33-16-10-7-11-17-33)47-41(52)36(27-31(3)4)46-40(51)34(20-19-32-14-8-6-9-15-32)44-38(49)18-12-13-21-48-22-24-54-25-23-48/h6-11,14-17,30-31,34-37H,12-13,18-29H2,1-5H3,(H,44,49)(H,45,53)(H,46,51)(H,47,52)/t34-,35-,36-,37-,43+/m0/s1. The van der Waals surface area contributed by atoms with Gasteiger partial charge in [0, 0.05) is 25.9 Å². The van der Waals surface area contributed by atoms with Crippen LogP contribution in [-0.2, 0) is 46.3 Å². The SMILES string of the molecule is CC(C)C[C@H](NC(=O)[C@H](CCc1ccccc1)NC(=O)CCCCN1CCOCC1)C(=O)N[C@@H](Cc1ccccc1)C(=O)N[C@@H](CC(C)C)C(=O)[C@@]1(C)CO1. The molecule has 302 valence electrons. The zero-order valence-electron chi connectivity index (χ0n) is 33.4. The summed E-state index contributed by atoms with van der Waals surface area (Å²) in [4.78, 5) is 71.0. The number of benzene rings is 2. The van der Waals surface area contributed by atoms with E-state index >= 15 is 0 Å². The number of Topliss-reactive ketones (excluding diaryl/α,β-unsaturated/α-hetero) is 1. The summed E-state index contributed by atoms with van der Waals surface area (Å²) in [6.07, 6.45) is 3.65. The molecule has 12 nitrogen and oxygen atoms in total.